The number of carbonyl (C=O) groups excluding carboxylic acids is 2. The average Bonchev–Trinajstić information content (AvgIpc) is 3.52. The zero-order valence-electron chi connectivity index (χ0n) is 22.1. The number of carboxylic acid groups (broad SMARTS) is 1. The SMILES string of the molecule is COCOc1ccc(N(C(=O)O)c2ccc(F)cc2)cc1C1(c2ccsc2)CC(=O)C(Sc2ccccc2Cl)C(=O)N1. The van der Waals surface area contributed by atoms with Crippen molar-refractivity contribution >= 4 is 63.9 Å². The number of benzene rings is 3. The number of anilines is 2. The molecule has 2 unspecified atom stereocenters. The predicted octanol–water partition coefficient (Wildman–Crippen LogP) is 6.83. The number of nitrogens with one attached hydrogen (secondary N) is 1. The fraction of sp³-hybridized carbons (Fsp3) is 0.167. The van der Waals surface area contributed by atoms with Gasteiger partial charge in [0.15, 0.2) is 12.6 Å². The van der Waals surface area contributed by atoms with E-state index in [0.29, 0.717) is 21.0 Å². The van der Waals surface area contributed by atoms with Gasteiger partial charge in [-0.05, 0) is 77.0 Å². The first kappa shape index (κ1) is 29.6. The van der Waals surface area contributed by atoms with Gasteiger partial charge in [-0.25, -0.2) is 14.1 Å². The van der Waals surface area contributed by atoms with Crippen LogP contribution in [0.4, 0.5) is 20.6 Å². The van der Waals surface area contributed by atoms with E-state index in [1.165, 1.54) is 36.6 Å². The van der Waals surface area contributed by atoms with Crippen molar-refractivity contribution in [2.45, 2.75) is 22.1 Å². The summed E-state index contributed by atoms with van der Waals surface area (Å²) in [5, 5.41) is 16.2. The van der Waals surface area contributed by atoms with Gasteiger partial charge in [0, 0.05) is 24.0 Å². The number of carbonyl (C=O) groups is 3. The lowest BCUT2D eigenvalue weighted by molar-refractivity contribution is -0.132. The normalized spacial score (nSPS) is 18.4. The number of rotatable bonds is 9. The Morgan fingerprint density at radius 1 is 1.14 bits per heavy atom. The highest BCUT2D eigenvalue weighted by molar-refractivity contribution is 8.01. The topological polar surface area (TPSA) is 105 Å². The van der Waals surface area contributed by atoms with Crippen LogP contribution in [0.5, 0.6) is 5.75 Å². The second kappa shape index (κ2) is 12.5. The van der Waals surface area contributed by atoms with Crippen LogP contribution < -0.4 is 15.0 Å². The molecule has 42 heavy (non-hydrogen) atoms. The summed E-state index contributed by atoms with van der Waals surface area (Å²) in [6.07, 6.45) is -1.46. The van der Waals surface area contributed by atoms with Gasteiger partial charge in [-0.3, -0.25) is 9.59 Å². The van der Waals surface area contributed by atoms with E-state index in [-0.39, 0.29) is 36.1 Å². The number of hydrogen-bond donors (Lipinski definition) is 2. The van der Waals surface area contributed by atoms with Gasteiger partial charge < -0.3 is 19.9 Å². The Balaban J connectivity index is 1.63. The third-order valence-electron chi connectivity index (χ3n) is 6.69. The van der Waals surface area contributed by atoms with Crippen LogP contribution in [0.3, 0.4) is 0 Å². The van der Waals surface area contributed by atoms with Gasteiger partial charge in [0.1, 0.15) is 22.4 Å². The molecule has 1 aromatic heterocycles. The van der Waals surface area contributed by atoms with E-state index < -0.39 is 28.6 Å². The first-order chi connectivity index (χ1) is 20.2. The lowest BCUT2D eigenvalue weighted by atomic mass is 9.76. The van der Waals surface area contributed by atoms with Crippen LogP contribution in [0.15, 0.2) is 88.5 Å². The number of methoxy groups -OCH3 is 1. The zero-order chi connectivity index (χ0) is 29.9. The maximum atomic E-state index is 13.8. The van der Waals surface area contributed by atoms with E-state index in [1.807, 2.05) is 10.8 Å². The highest BCUT2D eigenvalue weighted by Crippen LogP contribution is 2.46. The minimum Gasteiger partial charge on any atom is -0.467 e. The summed E-state index contributed by atoms with van der Waals surface area (Å²) >= 11 is 8.76. The van der Waals surface area contributed by atoms with Gasteiger partial charge in [-0.1, -0.05) is 23.7 Å². The molecule has 0 saturated carbocycles. The molecule has 2 heterocycles. The molecule has 0 bridgehead atoms. The quantitative estimate of drug-likeness (QED) is 0.155. The summed E-state index contributed by atoms with van der Waals surface area (Å²) in [6, 6.07) is 18.4. The van der Waals surface area contributed by atoms with Gasteiger partial charge in [0.25, 0.3) is 0 Å². The molecule has 4 aromatic rings. The van der Waals surface area contributed by atoms with Gasteiger partial charge in [0.05, 0.1) is 16.4 Å². The summed E-state index contributed by atoms with van der Waals surface area (Å²) in [5.74, 6) is -1.11. The van der Waals surface area contributed by atoms with Crippen LogP contribution in [0.25, 0.3) is 0 Å². The molecule has 1 aliphatic heterocycles. The molecule has 0 aliphatic carbocycles. The number of thiophene rings is 1. The van der Waals surface area contributed by atoms with E-state index in [2.05, 4.69) is 5.32 Å². The standard InChI is InChI=1S/C30H24ClFN2O6S2/c1-39-17-40-25-11-10-21(34(29(37)38)20-8-6-19(32)7-9-20)14-22(25)30(18-12-13-41-16-18)15-24(35)27(28(36)33-30)42-26-5-3-2-4-23(26)31/h2-14,16,27H,15,17H2,1H3,(H,33,36)(H,37,38). The Bertz CT molecular complexity index is 1600. The van der Waals surface area contributed by atoms with Crippen molar-refractivity contribution in [3.63, 3.8) is 0 Å². The van der Waals surface area contributed by atoms with Crippen LogP contribution in [0, 0.1) is 5.82 Å². The number of piperidine rings is 1. The number of nitrogens with zero attached hydrogens (tertiary/aromatic N) is 1. The molecule has 216 valence electrons. The Labute approximate surface area is 254 Å². The van der Waals surface area contributed by atoms with E-state index in [0.717, 1.165) is 28.8 Å². The Morgan fingerprint density at radius 3 is 2.52 bits per heavy atom. The number of ether oxygens (including phenoxy) is 2. The van der Waals surface area contributed by atoms with Gasteiger partial charge in [-0.15, -0.1) is 11.8 Å². The van der Waals surface area contributed by atoms with Crippen LogP contribution in [0.2, 0.25) is 5.02 Å². The van der Waals surface area contributed by atoms with E-state index >= 15 is 0 Å². The number of halogens is 2. The largest absolute Gasteiger partial charge is 0.467 e. The van der Waals surface area contributed by atoms with Crippen molar-refractivity contribution in [3.8, 4) is 5.75 Å². The highest BCUT2D eigenvalue weighted by Gasteiger charge is 2.49. The van der Waals surface area contributed by atoms with Crippen LogP contribution >= 0.6 is 34.7 Å². The fourth-order valence-corrected chi connectivity index (χ4v) is 6.78. The molecule has 0 radical (unpaired) electrons. The second-order valence-electron chi connectivity index (χ2n) is 9.30. The number of Topliss-reactive ketones (excluding diaryl/α,β-unsaturated/α-hetero) is 1. The Kier molecular flexibility index (Phi) is 8.83. The fourth-order valence-electron chi connectivity index (χ4n) is 4.81. The average molecular weight is 627 g/mol. The lowest BCUT2D eigenvalue weighted by Crippen LogP contribution is -2.58. The molecule has 1 aliphatic rings. The molecule has 5 rings (SSSR count). The number of thioether (sulfide) groups is 1. The monoisotopic (exact) mass is 626 g/mol. The van der Waals surface area contributed by atoms with Gasteiger partial charge in [-0.2, -0.15) is 11.3 Å². The molecule has 12 heteroatoms. The molecule has 8 nitrogen and oxygen atoms in total. The molecule has 1 saturated heterocycles. The Morgan fingerprint density at radius 2 is 1.88 bits per heavy atom. The van der Waals surface area contributed by atoms with Crippen molar-refractivity contribution in [2.24, 2.45) is 0 Å². The highest BCUT2D eigenvalue weighted by atomic mass is 35.5. The summed E-state index contributed by atoms with van der Waals surface area (Å²) in [7, 11) is 1.45. The molecule has 3 aromatic carbocycles. The van der Waals surface area contributed by atoms with E-state index in [1.54, 1.807) is 42.5 Å². The van der Waals surface area contributed by atoms with Crippen molar-refractivity contribution in [1.29, 1.82) is 0 Å². The maximum absolute atomic E-state index is 13.8. The zero-order valence-corrected chi connectivity index (χ0v) is 24.5. The van der Waals surface area contributed by atoms with Crippen LogP contribution in [0.1, 0.15) is 17.5 Å². The predicted molar refractivity (Wildman–Crippen MR) is 159 cm³/mol. The van der Waals surface area contributed by atoms with Gasteiger partial charge >= 0.3 is 6.09 Å². The van der Waals surface area contributed by atoms with Gasteiger partial charge in [0.2, 0.25) is 5.91 Å². The van der Waals surface area contributed by atoms with Crippen LogP contribution in [-0.4, -0.2) is 42.0 Å². The molecular formula is C30H24ClFN2O6S2. The van der Waals surface area contributed by atoms with Crippen molar-refractivity contribution in [3.05, 3.63) is 106 Å². The first-order valence-electron chi connectivity index (χ1n) is 12.6. The molecule has 0 spiro atoms. The molecule has 2 atom stereocenters. The van der Waals surface area contributed by atoms with Crippen molar-refractivity contribution in [1.82, 2.24) is 5.32 Å². The van der Waals surface area contributed by atoms with E-state index in [4.69, 9.17) is 21.1 Å². The minimum atomic E-state index is -1.39. The third-order valence-corrected chi connectivity index (χ3v) is 9.14. The summed E-state index contributed by atoms with van der Waals surface area (Å²) in [6.45, 7) is -0.139. The molecule has 2 N–H and O–H groups in total. The Hall–Kier alpha value is -3.90. The molecule has 1 fully saturated rings. The second-order valence-corrected chi connectivity index (χ2v) is 11.6. The first-order valence-corrected chi connectivity index (χ1v) is 14.8. The number of amides is 2. The maximum Gasteiger partial charge on any atom is 0.416 e. The smallest absolute Gasteiger partial charge is 0.416 e. The summed E-state index contributed by atoms with van der Waals surface area (Å²) in [5.41, 5.74) is -0.0227. The van der Waals surface area contributed by atoms with Crippen molar-refractivity contribution < 1.29 is 33.4 Å². The third kappa shape index (κ3) is 5.86. The minimum absolute atomic E-state index is 0.139. The molecular weight excluding hydrogens is 603 g/mol. The molecule has 2 amide bonds. The van der Waals surface area contributed by atoms with Crippen molar-refractivity contribution in [2.75, 3.05) is 18.8 Å². The number of hydrogen-bond acceptors (Lipinski definition) is 7. The van der Waals surface area contributed by atoms with Crippen LogP contribution in [-0.2, 0) is 19.9 Å². The summed E-state index contributed by atoms with van der Waals surface area (Å²) in [4.78, 5) is 41.5. The number of ketones is 1. The lowest BCUT2D eigenvalue weighted by Gasteiger charge is -2.41. The summed E-state index contributed by atoms with van der Waals surface area (Å²) < 4.78 is 24.6. The van der Waals surface area contributed by atoms with E-state index in [9.17, 15) is 23.9 Å².